The van der Waals surface area contributed by atoms with Crippen molar-refractivity contribution in [1.29, 1.82) is 0 Å². The summed E-state index contributed by atoms with van der Waals surface area (Å²) >= 11 is 6.72. The topological polar surface area (TPSA) is 24.9 Å². The Balaban J connectivity index is 2.23. The largest absolute Gasteiger partial charge is 0.311 e. The van der Waals surface area contributed by atoms with Gasteiger partial charge in [0, 0.05) is 15.1 Å². The molecule has 1 atom stereocenters. The fourth-order valence-electron chi connectivity index (χ4n) is 1.87. The molecule has 0 aliphatic rings. The number of hydrogen-bond donors (Lipinski definition) is 1. The van der Waals surface area contributed by atoms with Gasteiger partial charge in [-0.2, -0.15) is 0 Å². The molecule has 0 amide bonds. The van der Waals surface area contributed by atoms with Crippen molar-refractivity contribution in [2.24, 2.45) is 0 Å². The molecule has 2 aromatic rings. The lowest BCUT2D eigenvalue weighted by Crippen LogP contribution is -2.20. The Kier molecular flexibility index (Phi) is 5.07. The van der Waals surface area contributed by atoms with Crippen LogP contribution in [-0.4, -0.2) is 12.0 Å². The molecule has 100 valence electrons. The van der Waals surface area contributed by atoms with Crippen molar-refractivity contribution in [2.45, 2.75) is 12.5 Å². The van der Waals surface area contributed by atoms with Crippen LogP contribution in [0.5, 0.6) is 0 Å². The number of rotatable bonds is 4. The van der Waals surface area contributed by atoms with E-state index in [-0.39, 0.29) is 11.9 Å². The highest BCUT2D eigenvalue weighted by Gasteiger charge is 2.14. The Morgan fingerprint density at radius 3 is 2.58 bits per heavy atom. The highest BCUT2D eigenvalue weighted by atomic mass is 79.9. The summed E-state index contributed by atoms with van der Waals surface area (Å²) in [6.07, 6.45) is 2.30. The first-order valence-electron chi connectivity index (χ1n) is 5.83. The molecule has 0 aliphatic carbocycles. The van der Waals surface area contributed by atoms with Crippen molar-refractivity contribution >= 4 is 31.9 Å². The van der Waals surface area contributed by atoms with Gasteiger partial charge in [0.1, 0.15) is 5.82 Å². The second kappa shape index (κ2) is 6.59. The maximum atomic E-state index is 13.8. The summed E-state index contributed by atoms with van der Waals surface area (Å²) in [7, 11) is 1.85. The van der Waals surface area contributed by atoms with Crippen LogP contribution in [0.4, 0.5) is 4.39 Å². The Morgan fingerprint density at radius 1 is 1.21 bits per heavy atom. The van der Waals surface area contributed by atoms with Gasteiger partial charge in [-0.25, -0.2) is 4.39 Å². The van der Waals surface area contributed by atoms with E-state index in [1.54, 1.807) is 18.3 Å². The molecule has 1 N–H and O–H groups in total. The first-order valence-corrected chi connectivity index (χ1v) is 7.41. The summed E-state index contributed by atoms with van der Waals surface area (Å²) in [5.41, 5.74) is 1.56. The Bertz CT molecular complexity index is 558. The van der Waals surface area contributed by atoms with Crippen LogP contribution < -0.4 is 5.32 Å². The predicted molar refractivity (Wildman–Crippen MR) is 81.5 cm³/mol. The Morgan fingerprint density at radius 2 is 1.95 bits per heavy atom. The number of hydrogen-bond acceptors (Lipinski definition) is 2. The van der Waals surface area contributed by atoms with E-state index < -0.39 is 0 Å². The molecular weight excluding hydrogens is 375 g/mol. The second-order valence-electron chi connectivity index (χ2n) is 4.18. The number of nitrogens with one attached hydrogen (secondary N) is 1. The molecule has 0 bridgehead atoms. The smallest absolute Gasteiger partial charge is 0.126 e. The van der Waals surface area contributed by atoms with Crippen LogP contribution in [0.3, 0.4) is 0 Å². The van der Waals surface area contributed by atoms with Gasteiger partial charge in [-0.05, 0) is 65.3 Å². The average Bonchev–Trinajstić information content (AvgIpc) is 2.41. The van der Waals surface area contributed by atoms with E-state index >= 15 is 0 Å². The molecule has 0 saturated carbocycles. The van der Waals surface area contributed by atoms with Gasteiger partial charge < -0.3 is 5.32 Å². The number of nitrogens with zero attached hydrogens (tertiary/aromatic N) is 1. The first-order chi connectivity index (χ1) is 9.10. The number of aromatic nitrogens is 1. The van der Waals surface area contributed by atoms with Crippen molar-refractivity contribution in [1.82, 2.24) is 10.3 Å². The van der Waals surface area contributed by atoms with Gasteiger partial charge in [0.25, 0.3) is 0 Å². The van der Waals surface area contributed by atoms with Gasteiger partial charge in [0.05, 0.1) is 11.7 Å². The van der Waals surface area contributed by atoms with Crippen molar-refractivity contribution in [2.75, 3.05) is 7.05 Å². The van der Waals surface area contributed by atoms with Gasteiger partial charge in [-0.3, -0.25) is 4.98 Å². The third kappa shape index (κ3) is 3.84. The highest BCUT2D eigenvalue weighted by molar-refractivity contribution is 9.10. The van der Waals surface area contributed by atoms with Gasteiger partial charge in [-0.15, -0.1) is 0 Å². The van der Waals surface area contributed by atoms with E-state index in [1.807, 2.05) is 19.2 Å². The summed E-state index contributed by atoms with van der Waals surface area (Å²) in [6, 6.07) is 8.83. The van der Waals surface area contributed by atoms with Crippen LogP contribution in [0.25, 0.3) is 0 Å². The zero-order valence-electron chi connectivity index (χ0n) is 10.3. The molecule has 1 heterocycles. The van der Waals surface area contributed by atoms with Crippen LogP contribution in [0, 0.1) is 5.82 Å². The van der Waals surface area contributed by atoms with E-state index in [2.05, 4.69) is 42.2 Å². The molecule has 5 heteroatoms. The molecule has 1 aromatic carbocycles. The number of benzene rings is 1. The average molecular weight is 388 g/mol. The molecule has 0 aliphatic heterocycles. The normalized spacial score (nSPS) is 12.4. The van der Waals surface area contributed by atoms with Crippen molar-refractivity contribution in [3.63, 3.8) is 0 Å². The van der Waals surface area contributed by atoms with Crippen LogP contribution >= 0.6 is 31.9 Å². The van der Waals surface area contributed by atoms with E-state index in [0.717, 1.165) is 14.6 Å². The lowest BCUT2D eigenvalue weighted by molar-refractivity contribution is 0.544. The van der Waals surface area contributed by atoms with Crippen molar-refractivity contribution in [3.05, 3.63) is 62.5 Å². The van der Waals surface area contributed by atoms with Gasteiger partial charge in [0.15, 0.2) is 0 Å². The van der Waals surface area contributed by atoms with Crippen molar-refractivity contribution < 1.29 is 4.39 Å². The summed E-state index contributed by atoms with van der Waals surface area (Å²) in [6.45, 7) is 0. The minimum Gasteiger partial charge on any atom is -0.311 e. The van der Waals surface area contributed by atoms with Gasteiger partial charge in [0.2, 0.25) is 0 Å². The number of likely N-dealkylation sites (N-methyl/N-ethyl adjacent to an activating group) is 1. The summed E-state index contributed by atoms with van der Waals surface area (Å²) in [5.74, 6) is -0.194. The molecular formula is C14H13Br2FN2. The van der Waals surface area contributed by atoms with E-state index in [9.17, 15) is 4.39 Å². The minimum absolute atomic E-state index is 0.0168. The maximum Gasteiger partial charge on any atom is 0.126 e. The van der Waals surface area contributed by atoms with Crippen LogP contribution in [0.2, 0.25) is 0 Å². The Hall–Kier alpha value is -0.780. The van der Waals surface area contributed by atoms with Gasteiger partial charge >= 0.3 is 0 Å². The predicted octanol–water partition coefficient (Wildman–Crippen LogP) is 4.25. The van der Waals surface area contributed by atoms with Gasteiger partial charge in [-0.1, -0.05) is 15.9 Å². The SMILES string of the molecule is CNC(Cc1cc(Br)ccc1F)c1ccc(Br)cn1. The lowest BCUT2D eigenvalue weighted by atomic mass is 10.0. The van der Waals surface area contributed by atoms with Crippen LogP contribution in [0.1, 0.15) is 17.3 Å². The molecule has 0 radical (unpaired) electrons. The summed E-state index contributed by atoms with van der Waals surface area (Å²) in [5, 5.41) is 3.17. The Labute approximate surface area is 128 Å². The van der Waals surface area contributed by atoms with Crippen LogP contribution in [0.15, 0.2) is 45.5 Å². The maximum absolute atomic E-state index is 13.8. The zero-order chi connectivity index (χ0) is 13.8. The second-order valence-corrected chi connectivity index (χ2v) is 6.01. The highest BCUT2D eigenvalue weighted by Crippen LogP contribution is 2.22. The standard InChI is InChI=1S/C14H13Br2FN2/c1-18-14(13-5-3-11(16)8-19-13)7-9-6-10(15)2-4-12(9)17/h2-6,8,14,18H,7H2,1H3. The molecule has 0 fully saturated rings. The monoisotopic (exact) mass is 386 g/mol. The molecule has 0 saturated heterocycles. The van der Waals surface area contributed by atoms with Crippen molar-refractivity contribution in [3.8, 4) is 0 Å². The van der Waals surface area contributed by atoms with E-state index in [1.165, 1.54) is 6.07 Å². The summed E-state index contributed by atoms with van der Waals surface area (Å²) < 4.78 is 15.6. The zero-order valence-corrected chi connectivity index (χ0v) is 13.5. The number of pyridine rings is 1. The quantitative estimate of drug-likeness (QED) is 0.848. The summed E-state index contributed by atoms with van der Waals surface area (Å²) in [4.78, 5) is 4.35. The molecule has 1 unspecified atom stereocenters. The molecule has 1 aromatic heterocycles. The molecule has 0 spiro atoms. The van der Waals surface area contributed by atoms with Crippen LogP contribution in [-0.2, 0) is 6.42 Å². The van der Waals surface area contributed by atoms with E-state index in [4.69, 9.17) is 0 Å². The minimum atomic E-state index is -0.194. The third-order valence-electron chi connectivity index (χ3n) is 2.89. The molecule has 2 nitrogen and oxygen atoms in total. The molecule has 19 heavy (non-hydrogen) atoms. The fourth-order valence-corrected chi connectivity index (χ4v) is 2.51. The molecule has 2 rings (SSSR count). The number of halogens is 3. The third-order valence-corrected chi connectivity index (χ3v) is 3.85. The lowest BCUT2D eigenvalue weighted by Gasteiger charge is -2.16. The fraction of sp³-hybridized carbons (Fsp3) is 0.214. The first kappa shape index (κ1) is 14.6. The van der Waals surface area contributed by atoms with E-state index in [0.29, 0.717) is 12.0 Å².